The molecule has 2 rings (SSSR count). The summed E-state index contributed by atoms with van der Waals surface area (Å²) in [5.41, 5.74) is 1.27. The number of rotatable bonds is 3. The van der Waals surface area contributed by atoms with E-state index in [4.69, 9.17) is 6.42 Å². The van der Waals surface area contributed by atoms with Crippen LogP contribution in [0, 0.1) is 12.3 Å². The van der Waals surface area contributed by atoms with Crippen LogP contribution in [0.25, 0.3) is 0 Å². The van der Waals surface area contributed by atoms with Crippen molar-refractivity contribution in [1.82, 2.24) is 5.32 Å². The molecule has 2 nitrogen and oxygen atoms in total. The first-order valence-corrected chi connectivity index (χ1v) is 6.15. The van der Waals surface area contributed by atoms with Gasteiger partial charge >= 0.3 is 0 Å². The molecule has 0 bridgehead atoms. The summed E-state index contributed by atoms with van der Waals surface area (Å²) in [6.07, 6.45) is 6.55. The molecule has 1 aliphatic rings. The quantitative estimate of drug-likeness (QED) is 0.635. The number of benzene rings is 1. The molecule has 3 heteroatoms. The van der Waals surface area contributed by atoms with Gasteiger partial charge in [0, 0.05) is 17.9 Å². The lowest BCUT2D eigenvalue weighted by molar-refractivity contribution is -0.120. The van der Waals surface area contributed by atoms with Crippen molar-refractivity contribution >= 4 is 17.7 Å². The number of terminal acetylenes is 1. The van der Waals surface area contributed by atoms with Gasteiger partial charge in [-0.05, 0) is 18.1 Å². The first-order valence-electron chi connectivity index (χ1n) is 5.27. The second-order valence-electron chi connectivity index (χ2n) is 3.66. The third-order valence-corrected chi connectivity index (χ3v) is 3.83. The number of nitrogens with one attached hydrogen (secondary N) is 1. The van der Waals surface area contributed by atoms with Gasteiger partial charge < -0.3 is 5.32 Å². The lowest BCUT2D eigenvalue weighted by atomic mass is 10.1. The maximum atomic E-state index is 11.8. The summed E-state index contributed by atoms with van der Waals surface area (Å²) in [6, 6.07) is 8.16. The molecule has 0 aromatic heterocycles. The average molecular weight is 231 g/mol. The molecule has 0 saturated carbocycles. The topological polar surface area (TPSA) is 29.1 Å². The summed E-state index contributed by atoms with van der Waals surface area (Å²) in [6.45, 7) is 0.572. The van der Waals surface area contributed by atoms with E-state index in [-0.39, 0.29) is 11.2 Å². The Bertz CT molecular complexity index is 411. The molecular weight excluding hydrogens is 218 g/mol. The van der Waals surface area contributed by atoms with Gasteiger partial charge in [-0.2, -0.15) is 0 Å². The lowest BCUT2D eigenvalue weighted by Gasteiger charge is -2.08. The molecule has 1 aromatic rings. The molecule has 0 fully saturated rings. The van der Waals surface area contributed by atoms with E-state index in [1.165, 1.54) is 10.5 Å². The van der Waals surface area contributed by atoms with E-state index in [2.05, 4.69) is 23.4 Å². The Morgan fingerprint density at radius 3 is 3.12 bits per heavy atom. The minimum atomic E-state index is 0.00942. The van der Waals surface area contributed by atoms with Crippen LogP contribution in [0.5, 0.6) is 0 Å². The summed E-state index contributed by atoms with van der Waals surface area (Å²) in [4.78, 5) is 13.0. The van der Waals surface area contributed by atoms with E-state index in [1.807, 2.05) is 12.1 Å². The fraction of sp³-hybridized carbons (Fsp3) is 0.308. The Balaban J connectivity index is 1.91. The number of thioether (sulfide) groups is 1. The lowest BCUT2D eigenvalue weighted by Crippen LogP contribution is -2.32. The van der Waals surface area contributed by atoms with Crippen LogP contribution in [0.2, 0.25) is 0 Å². The molecule has 1 heterocycles. The normalized spacial score (nSPS) is 17.6. The zero-order valence-electron chi connectivity index (χ0n) is 8.90. The van der Waals surface area contributed by atoms with Crippen LogP contribution in [0.15, 0.2) is 29.2 Å². The summed E-state index contributed by atoms with van der Waals surface area (Å²) < 4.78 is 0. The van der Waals surface area contributed by atoms with Crippen LogP contribution in [0.3, 0.4) is 0 Å². The highest BCUT2D eigenvalue weighted by Gasteiger charge is 2.27. The zero-order chi connectivity index (χ0) is 11.4. The number of amides is 1. The maximum Gasteiger partial charge on any atom is 0.233 e. The van der Waals surface area contributed by atoms with Gasteiger partial charge in [-0.1, -0.05) is 18.2 Å². The Labute approximate surface area is 99.8 Å². The first-order chi connectivity index (χ1) is 7.81. The molecule has 1 aliphatic heterocycles. The monoisotopic (exact) mass is 231 g/mol. The van der Waals surface area contributed by atoms with Crippen LogP contribution in [-0.4, -0.2) is 17.7 Å². The number of carbonyl (C=O) groups excluding carboxylic acids is 1. The van der Waals surface area contributed by atoms with Crippen molar-refractivity contribution in [2.24, 2.45) is 0 Å². The second-order valence-corrected chi connectivity index (χ2v) is 4.91. The van der Waals surface area contributed by atoms with E-state index < -0.39 is 0 Å². The van der Waals surface area contributed by atoms with Crippen molar-refractivity contribution in [3.8, 4) is 12.3 Å². The fourth-order valence-electron chi connectivity index (χ4n) is 1.70. The molecule has 16 heavy (non-hydrogen) atoms. The Kier molecular flexibility index (Phi) is 3.53. The van der Waals surface area contributed by atoms with Crippen molar-refractivity contribution < 1.29 is 4.79 Å². The zero-order valence-corrected chi connectivity index (χ0v) is 9.72. The summed E-state index contributed by atoms with van der Waals surface area (Å²) in [7, 11) is 0. The standard InChI is InChI=1S/C13H13NOS/c1-2-3-8-14-13(15)12-9-10-6-4-5-7-11(10)16-12/h1,4-7,12H,3,8-9H2,(H,14,15). The number of fused-ring (bicyclic) bond motifs is 1. The predicted octanol–water partition coefficient (Wildman–Crippen LogP) is 1.84. The highest BCUT2D eigenvalue weighted by Crippen LogP contribution is 2.36. The van der Waals surface area contributed by atoms with Crippen LogP contribution < -0.4 is 5.32 Å². The van der Waals surface area contributed by atoms with E-state index in [1.54, 1.807) is 11.8 Å². The molecule has 0 radical (unpaired) electrons. The van der Waals surface area contributed by atoms with Crippen LogP contribution in [0.4, 0.5) is 0 Å². The molecule has 1 aromatic carbocycles. The van der Waals surface area contributed by atoms with Crippen molar-refractivity contribution in [3.05, 3.63) is 29.8 Å². The van der Waals surface area contributed by atoms with Gasteiger partial charge in [0.15, 0.2) is 0 Å². The molecule has 0 saturated heterocycles. The third kappa shape index (κ3) is 2.40. The summed E-state index contributed by atoms with van der Waals surface area (Å²) in [5.74, 6) is 2.60. The number of hydrogen-bond donors (Lipinski definition) is 1. The molecule has 1 amide bonds. The molecule has 1 atom stereocenters. The van der Waals surface area contributed by atoms with E-state index >= 15 is 0 Å². The van der Waals surface area contributed by atoms with Crippen molar-refractivity contribution in [2.75, 3.05) is 6.54 Å². The van der Waals surface area contributed by atoms with Gasteiger partial charge in [0.2, 0.25) is 5.91 Å². The third-order valence-electron chi connectivity index (χ3n) is 2.51. The first kappa shape index (κ1) is 11.1. The number of hydrogen-bond acceptors (Lipinski definition) is 2. The molecule has 1 N–H and O–H groups in total. The minimum absolute atomic E-state index is 0.00942. The molecular formula is C13H13NOS. The van der Waals surface area contributed by atoms with Gasteiger partial charge in [0.1, 0.15) is 0 Å². The summed E-state index contributed by atoms with van der Waals surface area (Å²) in [5, 5.41) is 2.87. The maximum absolute atomic E-state index is 11.8. The van der Waals surface area contributed by atoms with Crippen molar-refractivity contribution in [1.29, 1.82) is 0 Å². The highest BCUT2D eigenvalue weighted by molar-refractivity contribution is 8.01. The highest BCUT2D eigenvalue weighted by atomic mass is 32.2. The Hall–Kier alpha value is -1.40. The molecule has 0 spiro atoms. The SMILES string of the molecule is C#CCCNC(=O)C1Cc2ccccc2S1. The second kappa shape index (κ2) is 5.09. The Morgan fingerprint density at radius 1 is 1.56 bits per heavy atom. The predicted molar refractivity (Wildman–Crippen MR) is 66.3 cm³/mol. The number of carbonyl (C=O) groups is 1. The molecule has 82 valence electrons. The minimum Gasteiger partial charge on any atom is -0.354 e. The van der Waals surface area contributed by atoms with Gasteiger partial charge in [-0.3, -0.25) is 4.79 Å². The Morgan fingerprint density at radius 2 is 2.38 bits per heavy atom. The smallest absolute Gasteiger partial charge is 0.233 e. The van der Waals surface area contributed by atoms with Crippen LogP contribution in [-0.2, 0) is 11.2 Å². The molecule has 1 unspecified atom stereocenters. The average Bonchev–Trinajstić information content (AvgIpc) is 2.73. The van der Waals surface area contributed by atoms with Crippen molar-refractivity contribution in [3.63, 3.8) is 0 Å². The van der Waals surface area contributed by atoms with Gasteiger partial charge in [-0.25, -0.2) is 0 Å². The van der Waals surface area contributed by atoms with Gasteiger partial charge in [-0.15, -0.1) is 24.1 Å². The van der Waals surface area contributed by atoms with Crippen LogP contribution >= 0.6 is 11.8 Å². The van der Waals surface area contributed by atoms with Gasteiger partial charge in [0.25, 0.3) is 0 Å². The van der Waals surface area contributed by atoms with E-state index in [0.717, 1.165) is 6.42 Å². The van der Waals surface area contributed by atoms with Crippen LogP contribution in [0.1, 0.15) is 12.0 Å². The molecule has 0 aliphatic carbocycles. The largest absolute Gasteiger partial charge is 0.354 e. The van der Waals surface area contributed by atoms with Crippen molar-refractivity contribution in [2.45, 2.75) is 23.0 Å². The van der Waals surface area contributed by atoms with E-state index in [9.17, 15) is 4.79 Å². The fourth-order valence-corrected chi connectivity index (χ4v) is 2.92. The van der Waals surface area contributed by atoms with Gasteiger partial charge in [0.05, 0.1) is 5.25 Å². The van der Waals surface area contributed by atoms with E-state index in [0.29, 0.717) is 13.0 Å². The summed E-state index contributed by atoms with van der Waals surface area (Å²) >= 11 is 1.64.